The summed E-state index contributed by atoms with van der Waals surface area (Å²) >= 11 is 0. The average Bonchev–Trinajstić information content (AvgIpc) is 2.97. The highest BCUT2D eigenvalue weighted by atomic mass is 16.6. The van der Waals surface area contributed by atoms with Gasteiger partial charge in [0, 0.05) is 0 Å². The molecular formula is C12H14N2O7. The predicted molar refractivity (Wildman–Crippen MR) is 65.9 cm³/mol. The quantitative estimate of drug-likeness (QED) is 0.642. The number of carbonyl (C=O) groups excluding carboxylic acids is 1. The first-order valence-corrected chi connectivity index (χ1v) is 6.48. The van der Waals surface area contributed by atoms with Crippen LogP contribution < -0.4 is 10.3 Å². The molecule has 3 heterocycles. The fourth-order valence-electron chi connectivity index (χ4n) is 2.44. The Kier molecular flexibility index (Phi) is 3.40. The third-order valence-corrected chi connectivity index (χ3v) is 3.44. The highest BCUT2D eigenvalue weighted by Crippen LogP contribution is 2.37. The average molecular weight is 298 g/mol. The minimum absolute atomic E-state index is 0.0431. The van der Waals surface area contributed by atoms with Crippen molar-refractivity contribution < 1.29 is 29.2 Å². The number of aliphatic hydroxyl groups excluding tert-OH is 2. The number of fused-ring (bicyclic) bond motifs is 3. The molecule has 0 saturated carbocycles. The Labute approximate surface area is 118 Å². The number of aliphatic hydroxyl groups is 2. The lowest BCUT2D eigenvalue weighted by atomic mass is 10.1. The van der Waals surface area contributed by atoms with Gasteiger partial charge in [-0.25, -0.2) is 14.3 Å². The second-order valence-electron chi connectivity index (χ2n) is 4.67. The molecule has 9 nitrogen and oxygen atoms in total. The molecule has 2 aliphatic heterocycles. The maximum Gasteiger partial charge on any atom is 0.345 e. The zero-order valence-corrected chi connectivity index (χ0v) is 11.1. The third-order valence-electron chi connectivity index (χ3n) is 3.44. The van der Waals surface area contributed by atoms with Crippen LogP contribution in [0.2, 0.25) is 0 Å². The van der Waals surface area contributed by atoms with Crippen LogP contribution in [0, 0.1) is 0 Å². The minimum atomic E-state index is -1.09. The summed E-state index contributed by atoms with van der Waals surface area (Å²) in [6.45, 7) is 1.34. The minimum Gasteiger partial charge on any atom is -0.462 e. The molecule has 1 saturated heterocycles. The Balaban J connectivity index is 2.00. The Hall–Kier alpha value is -1.97. The van der Waals surface area contributed by atoms with Crippen LogP contribution in [0.3, 0.4) is 0 Å². The van der Waals surface area contributed by atoms with Gasteiger partial charge in [-0.05, 0) is 6.92 Å². The summed E-state index contributed by atoms with van der Waals surface area (Å²) in [6, 6.07) is -0.0431. The normalized spacial score (nSPS) is 29.7. The molecule has 1 fully saturated rings. The van der Waals surface area contributed by atoms with E-state index in [1.54, 1.807) is 6.92 Å². The van der Waals surface area contributed by atoms with Crippen molar-refractivity contribution in [2.45, 2.75) is 31.5 Å². The molecule has 1 aromatic rings. The summed E-state index contributed by atoms with van der Waals surface area (Å²) in [5, 5.41) is 19.0. The molecule has 4 atom stereocenters. The van der Waals surface area contributed by atoms with Crippen molar-refractivity contribution in [2.24, 2.45) is 0 Å². The molecular weight excluding hydrogens is 284 g/mol. The van der Waals surface area contributed by atoms with Crippen molar-refractivity contribution in [1.29, 1.82) is 0 Å². The molecule has 0 aliphatic carbocycles. The van der Waals surface area contributed by atoms with E-state index in [-0.39, 0.29) is 18.2 Å². The van der Waals surface area contributed by atoms with Crippen molar-refractivity contribution in [3.63, 3.8) is 0 Å². The van der Waals surface area contributed by atoms with E-state index in [2.05, 4.69) is 4.98 Å². The van der Waals surface area contributed by atoms with Gasteiger partial charge in [0.15, 0.2) is 12.3 Å². The van der Waals surface area contributed by atoms with E-state index < -0.39 is 42.7 Å². The number of aromatic nitrogens is 2. The van der Waals surface area contributed by atoms with Gasteiger partial charge >= 0.3 is 12.0 Å². The molecule has 0 aromatic carbocycles. The number of ether oxygens (including phenoxy) is 3. The van der Waals surface area contributed by atoms with E-state index in [1.165, 1.54) is 0 Å². The zero-order valence-electron chi connectivity index (χ0n) is 11.1. The van der Waals surface area contributed by atoms with Crippen molar-refractivity contribution >= 4 is 5.97 Å². The van der Waals surface area contributed by atoms with E-state index in [9.17, 15) is 14.7 Å². The van der Waals surface area contributed by atoms with Gasteiger partial charge in [0.25, 0.3) is 5.56 Å². The summed E-state index contributed by atoms with van der Waals surface area (Å²) in [6.07, 6.45) is -2.65. The largest absolute Gasteiger partial charge is 0.462 e. The molecule has 2 aliphatic rings. The molecule has 0 bridgehead atoms. The van der Waals surface area contributed by atoms with Gasteiger partial charge in [0.1, 0.15) is 17.8 Å². The van der Waals surface area contributed by atoms with Crippen LogP contribution in [-0.4, -0.2) is 57.3 Å². The second kappa shape index (κ2) is 5.10. The Morgan fingerprint density at radius 3 is 3.00 bits per heavy atom. The lowest BCUT2D eigenvalue weighted by molar-refractivity contribution is -0.0444. The maximum absolute atomic E-state index is 12.3. The number of carbonyl (C=O) groups is 1. The van der Waals surface area contributed by atoms with Crippen LogP contribution in [0.25, 0.3) is 0 Å². The van der Waals surface area contributed by atoms with Gasteiger partial charge in [-0.2, -0.15) is 0 Å². The van der Waals surface area contributed by atoms with Crippen LogP contribution in [0.1, 0.15) is 23.5 Å². The van der Waals surface area contributed by atoms with E-state index in [4.69, 9.17) is 19.3 Å². The summed E-state index contributed by atoms with van der Waals surface area (Å²) in [4.78, 5) is 27.9. The Bertz CT molecular complexity index is 629. The summed E-state index contributed by atoms with van der Waals surface area (Å²) < 4.78 is 16.6. The SMILES string of the molecule is CCOC(=O)c1cnc2n(c1=O)[C@@H]1O[C@H](CO)[C@@H](O)[C@@H]1O2. The Morgan fingerprint density at radius 2 is 2.33 bits per heavy atom. The highest BCUT2D eigenvalue weighted by Gasteiger charge is 2.52. The molecule has 0 radical (unpaired) electrons. The van der Waals surface area contributed by atoms with Gasteiger partial charge in [-0.1, -0.05) is 0 Å². The van der Waals surface area contributed by atoms with E-state index >= 15 is 0 Å². The third kappa shape index (κ3) is 2.01. The van der Waals surface area contributed by atoms with Crippen LogP contribution in [0.5, 0.6) is 6.01 Å². The van der Waals surface area contributed by atoms with Crippen molar-refractivity contribution in [1.82, 2.24) is 9.55 Å². The highest BCUT2D eigenvalue weighted by molar-refractivity contribution is 5.88. The number of esters is 1. The topological polar surface area (TPSA) is 120 Å². The van der Waals surface area contributed by atoms with Crippen molar-refractivity contribution in [3.8, 4) is 6.01 Å². The standard InChI is InChI=1S/C12H14N2O7/c1-2-19-11(18)5-3-13-12-14(9(5)17)10-8(21-12)7(16)6(4-15)20-10/h3,6-8,10,15-16H,2,4H2,1H3/t6-,7-,8+,10-/m1/s1. The molecule has 1 aromatic heterocycles. The number of rotatable bonds is 3. The molecule has 3 rings (SSSR count). The first-order valence-electron chi connectivity index (χ1n) is 6.48. The lowest BCUT2D eigenvalue weighted by Gasteiger charge is -2.14. The van der Waals surface area contributed by atoms with E-state index in [1.807, 2.05) is 0 Å². The maximum atomic E-state index is 12.3. The van der Waals surface area contributed by atoms with Gasteiger partial charge in [-0.15, -0.1) is 0 Å². The molecule has 0 spiro atoms. The van der Waals surface area contributed by atoms with Crippen LogP contribution in [-0.2, 0) is 9.47 Å². The van der Waals surface area contributed by atoms with Crippen LogP contribution in [0.15, 0.2) is 11.0 Å². The smallest absolute Gasteiger partial charge is 0.345 e. The molecule has 21 heavy (non-hydrogen) atoms. The zero-order chi connectivity index (χ0) is 15.1. The monoisotopic (exact) mass is 298 g/mol. The second-order valence-corrected chi connectivity index (χ2v) is 4.67. The summed E-state index contributed by atoms with van der Waals surface area (Å²) in [7, 11) is 0. The molecule has 2 N–H and O–H groups in total. The summed E-state index contributed by atoms with van der Waals surface area (Å²) in [5.74, 6) is -0.786. The molecule has 114 valence electrons. The van der Waals surface area contributed by atoms with Gasteiger partial charge in [0.2, 0.25) is 0 Å². The molecule has 0 unspecified atom stereocenters. The molecule has 0 amide bonds. The van der Waals surface area contributed by atoms with Crippen LogP contribution >= 0.6 is 0 Å². The number of hydrogen-bond acceptors (Lipinski definition) is 8. The molecule has 9 heteroatoms. The lowest BCUT2D eigenvalue weighted by Crippen LogP contribution is -2.34. The van der Waals surface area contributed by atoms with E-state index in [0.717, 1.165) is 10.8 Å². The number of nitrogens with zero attached hydrogens (tertiary/aromatic N) is 2. The fourth-order valence-corrected chi connectivity index (χ4v) is 2.44. The first-order chi connectivity index (χ1) is 10.1. The van der Waals surface area contributed by atoms with Gasteiger partial charge in [0.05, 0.1) is 19.4 Å². The van der Waals surface area contributed by atoms with E-state index in [0.29, 0.717) is 0 Å². The van der Waals surface area contributed by atoms with Crippen molar-refractivity contribution in [3.05, 3.63) is 22.1 Å². The van der Waals surface area contributed by atoms with Gasteiger partial charge < -0.3 is 24.4 Å². The van der Waals surface area contributed by atoms with Gasteiger partial charge in [-0.3, -0.25) is 4.79 Å². The number of hydrogen-bond donors (Lipinski definition) is 2. The Morgan fingerprint density at radius 1 is 1.57 bits per heavy atom. The summed E-state index contributed by atoms with van der Waals surface area (Å²) in [5.41, 5.74) is -0.910. The fraction of sp³-hybridized carbons (Fsp3) is 0.583. The first kappa shape index (κ1) is 14.0. The van der Waals surface area contributed by atoms with Crippen molar-refractivity contribution in [2.75, 3.05) is 13.2 Å². The van der Waals surface area contributed by atoms with Crippen LogP contribution in [0.4, 0.5) is 0 Å². The predicted octanol–water partition coefficient (Wildman–Crippen LogP) is -1.57.